The lowest BCUT2D eigenvalue weighted by Crippen LogP contribution is -2.37. The third-order valence-corrected chi connectivity index (χ3v) is 6.60. The molecule has 1 aromatic carbocycles. The van der Waals surface area contributed by atoms with E-state index in [1.165, 1.54) is 25.3 Å². The molecule has 118 valence electrons. The molecule has 0 unspecified atom stereocenters. The quantitative estimate of drug-likeness (QED) is 0.830. The van der Waals surface area contributed by atoms with E-state index in [4.69, 9.17) is 5.11 Å². The molecule has 2 N–H and O–H groups in total. The maximum absolute atomic E-state index is 12.4. The number of benzene rings is 1. The molecule has 0 saturated heterocycles. The van der Waals surface area contributed by atoms with Crippen molar-refractivity contribution < 1.29 is 13.5 Å². The molecule has 0 spiro atoms. The lowest BCUT2D eigenvalue weighted by Gasteiger charge is -2.33. The molecule has 0 bridgehead atoms. The lowest BCUT2D eigenvalue weighted by molar-refractivity contribution is 0.219. The van der Waals surface area contributed by atoms with Gasteiger partial charge in [0.05, 0.1) is 11.5 Å². The highest BCUT2D eigenvalue weighted by Gasteiger charge is 2.29. The van der Waals surface area contributed by atoms with Gasteiger partial charge in [-0.05, 0) is 51.9 Å². The zero-order valence-corrected chi connectivity index (χ0v) is 14.6. The summed E-state index contributed by atoms with van der Waals surface area (Å²) in [5.74, 6) is 0. The van der Waals surface area contributed by atoms with E-state index >= 15 is 0 Å². The van der Waals surface area contributed by atoms with E-state index in [2.05, 4.69) is 27.6 Å². The number of nitrogens with one attached hydrogen (secondary N) is 1. The van der Waals surface area contributed by atoms with Crippen molar-refractivity contribution in [3.8, 4) is 0 Å². The lowest BCUT2D eigenvalue weighted by atomic mass is 9.76. The highest BCUT2D eigenvalue weighted by molar-refractivity contribution is 9.10. The molecule has 0 radical (unpaired) electrons. The first-order chi connectivity index (χ1) is 9.86. The summed E-state index contributed by atoms with van der Waals surface area (Å²) in [6.45, 7) is 2.52. The van der Waals surface area contributed by atoms with E-state index in [1.54, 1.807) is 12.1 Å². The summed E-state index contributed by atoms with van der Waals surface area (Å²) in [4.78, 5) is 0.221. The zero-order valence-electron chi connectivity index (χ0n) is 12.2. The molecule has 2 rings (SSSR count). The third kappa shape index (κ3) is 4.28. The second kappa shape index (κ2) is 6.77. The molecule has 4 nitrogen and oxygen atoms in total. The summed E-state index contributed by atoms with van der Waals surface area (Å²) in [7, 11) is -3.53. The van der Waals surface area contributed by atoms with Crippen molar-refractivity contribution in [3.63, 3.8) is 0 Å². The van der Waals surface area contributed by atoms with Crippen LogP contribution in [0.1, 0.15) is 44.6 Å². The second-order valence-corrected chi connectivity index (χ2v) is 8.71. The Hall–Kier alpha value is -0.430. The first kappa shape index (κ1) is 16.9. The van der Waals surface area contributed by atoms with Crippen LogP contribution in [0.5, 0.6) is 0 Å². The van der Waals surface area contributed by atoms with Crippen LogP contribution in [-0.2, 0) is 16.6 Å². The van der Waals surface area contributed by atoms with Gasteiger partial charge in [0, 0.05) is 11.0 Å². The van der Waals surface area contributed by atoms with Crippen molar-refractivity contribution in [2.45, 2.75) is 50.5 Å². The van der Waals surface area contributed by atoms with Crippen molar-refractivity contribution in [3.05, 3.63) is 28.2 Å². The Labute approximate surface area is 135 Å². The molecule has 0 amide bonds. The maximum atomic E-state index is 12.4. The van der Waals surface area contributed by atoms with Crippen LogP contribution >= 0.6 is 15.9 Å². The number of sulfonamides is 1. The van der Waals surface area contributed by atoms with Crippen molar-refractivity contribution in [1.82, 2.24) is 4.72 Å². The van der Waals surface area contributed by atoms with Crippen molar-refractivity contribution in [1.29, 1.82) is 0 Å². The monoisotopic (exact) mass is 375 g/mol. The molecular formula is C15H22BrNO3S. The standard InChI is InChI=1S/C15H22BrNO3S/c1-15(7-3-2-4-8-15)11-17-21(19,20)14-6-5-12(10-18)9-13(14)16/h5-6,9,17-18H,2-4,7-8,10-11H2,1H3. The molecule has 1 aliphatic carbocycles. The van der Waals surface area contributed by atoms with E-state index < -0.39 is 10.0 Å². The van der Waals surface area contributed by atoms with Gasteiger partial charge in [0.2, 0.25) is 10.0 Å². The van der Waals surface area contributed by atoms with Crippen LogP contribution in [-0.4, -0.2) is 20.1 Å². The van der Waals surface area contributed by atoms with Crippen molar-refractivity contribution in [2.24, 2.45) is 5.41 Å². The van der Waals surface area contributed by atoms with Crippen molar-refractivity contribution >= 4 is 26.0 Å². The Kier molecular flexibility index (Phi) is 5.46. The van der Waals surface area contributed by atoms with Gasteiger partial charge in [-0.1, -0.05) is 32.3 Å². The average molecular weight is 376 g/mol. The van der Waals surface area contributed by atoms with E-state index in [-0.39, 0.29) is 16.9 Å². The van der Waals surface area contributed by atoms with E-state index in [1.807, 2.05) is 0 Å². The van der Waals surface area contributed by atoms with Crippen LogP contribution in [0.4, 0.5) is 0 Å². The van der Waals surface area contributed by atoms with Crippen LogP contribution < -0.4 is 4.72 Å². The van der Waals surface area contributed by atoms with Crippen LogP contribution in [0.2, 0.25) is 0 Å². The molecule has 21 heavy (non-hydrogen) atoms. The second-order valence-electron chi connectivity index (χ2n) is 6.12. The molecule has 0 atom stereocenters. The fourth-order valence-corrected chi connectivity index (χ4v) is 5.11. The van der Waals surface area contributed by atoms with Gasteiger partial charge in [0.25, 0.3) is 0 Å². The molecule has 1 aliphatic rings. The van der Waals surface area contributed by atoms with E-state index in [0.717, 1.165) is 12.8 Å². The van der Waals surface area contributed by atoms with Gasteiger partial charge in [-0.3, -0.25) is 0 Å². The number of hydrogen-bond acceptors (Lipinski definition) is 3. The van der Waals surface area contributed by atoms with Crippen molar-refractivity contribution in [2.75, 3.05) is 6.54 Å². The first-order valence-corrected chi connectivity index (χ1v) is 9.53. The zero-order chi connectivity index (χ0) is 15.5. The average Bonchev–Trinajstić information content (AvgIpc) is 2.46. The Bertz CT molecular complexity index is 595. The Balaban J connectivity index is 2.11. The molecule has 1 fully saturated rings. The van der Waals surface area contributed by atoms with Crippen LogP contribution in [0.3, 0.4) is 0 Å². The van der Waals surface area contributed by atoms with E-state index in [9.17, 15) is 8.42 Å². The molecule has 1 saturated carbocycles. The summed E-state index contributed by atoms with van der Waals surface area (Å²) in [5.41, 5.74) is 0.739. The molecule has 0 aliphatic heterocycles. The SMILES string of the molecule is CC1(CNS(=O)(=O)c2ccc(CO)cc2Br)CCCCC1. The first-order valence-electron chi connectivity index (χ1n) is 7.25. The summed E-state index contributed by atoms with van der Waals surface area (Å²) in [5, 5.41) is 9.08. The third-order valence-electron chi connectivity index (χ3n) is 4.22. The highest BCUT2D eigenvalue weighted by Crippen LogP contribution is 2.35. The van der Waals surface area contributed by atoms with Gasteiger partial charge in [-0.15, -0.1) is 0 Å². The smallest absolute Gasteiger partial charge is 0.241 e. The summed E-state index contributed by atoms with van der Waals surface area (Å²) < 4.78 is 28.1. The largest absolute Gasteiger partial charge is 0.392 e. The minimum Gasteiger partial charge on any atom is -0.392 e. The number of rotatable bonds is 5. The summed E-state index contributed by atoms with van der Waals surface area (Å²) in [6, 6.07) is 4.79. The molecule has 6 heteroatoms. The Morgan fingerprint density at radius 3 is 2.52 bits per heavy atom. The van der Waals surface area contributed by atoms with E-state index in [0.29, 0.717) is 16.6 Å². The predicted octanol–water partition coefficient (Wildman–Crippen LogP) is 3.19. The van der Waals surface area contributed by atoms with Gasteiger partial charge >= 0.3 is 0 Å². The minimum atomic E-state index is -3.53. The van der Waals surface area contributed by atoms with Gasteiger partial charge in [-0.2, -0.15) is 0 Å². The van der Waals surface area contributed by atoms with Gasteiger partial charge in [-0.25, -0.2) is 13.1 Å². The summed E-state index contributed by atoms with van der Waals surface area (Å²) >= 11 is 3.27. The normalized spacial score (nSPS) is 18.6. The molecule has 0 aromatic heterocycles. The van der Waals surface area contributed by atoms with Crippen LogP contribution in [0.25, 0.3) is 0 Å². The van der Waals surface area contributed by atoms with Crippen LogP contribution in [0, 0.1) is 5.41 Å². The van der Waals surface area contributed by atoms with Crippen LogP contribution in [0.15, 0.2) is 27.6 Å². The minimum absolute atomic E-state index is 0.0584. The Morgan fingerprint density at radius 1 is 1.29 bits per heavy atom. The molecule has 0 heterocycles. The molecular weight excluding hydrogens is 354 g/mol. The highest BCUT2D eigenvalue weighted by atomic mass is 79.9. The summed E-state index contributed by atoms with van der Waals surface area (Å²) in [6.07, 6.45) is 5.73. The fraction of sp³-hybridized carbons (Fsp3) is 0.600. The number of hydrogen-bond donors (Lipinski definition) is 2. The Morgan fingerprint density at radius 2 is 1.95 bits per heavy atom. The predicted molar refractivity (Wildman–Crippen MR) is 86.4 cm³/mol. The van der Waals surface area contributed by atoms with Gasteiger partial charge < -0.3 is 5.11 Å². The number of aliphatic hydroxyl groups excluding tert-OH is 1. The van der Waals surface area contributed by atoms with Gasteiger partial charge in [0.15, 0.2) is 0 Å². The number of aliphatic hydroxyl groups is 1. The fourth-order valence-electron chi connectivity index (χ4n) is 2.79. The number of halogens is 1. The topological polar surface area (TPSA) is 66.4 Å². The molecule has 1 aromatic rings. The van der Waals surface area contributed by atoms with Gasteiger partial charge in [0.1, 0.15) is 0 Å². The maximum Gasteiger partial charge on any atom is 0.241 e.